The van der Waals surface area contributed by atoms with Crippen molar-refractivity contribution < 1.29 is 14.0 Å². The second kappa shape index (κ2) is 11.4. The van der Waals surface area contributed by atoms with Crippen molar-refractivity contribution in [3.8, 4) is 0 Å². The van der Waals surface area contributed by atoms with E-state index in [9.17, 15) is 9.59 Å². The van der Waals surface area contributed by atoms with Gasteiger partial charge in [0.25, 0.3) is 5.91 Å². The van der Waals surface area contributed by atoms with Crippen LogP contribution in [0.15, 0.2) is 47.1 Å². The van der Waals surface area contributed by atoms with Crippen LogP contribution in [-0.4, -0.2) is 65.8 Å². The molecule has 1 unspecified atom stereocenters. The molecular weight excluding hydrogens is 410 g/mol. The highest BCUT2D eigenvalue weighted by Gasteiger charge is 2.29. The molecule has 0 bridgehead atoms. The number of piperazine rings is 1. The number of hydrogen-bond acceptors (Lipinski definition) is 5. The smallest absolute Gasteiger partial charge is 0.287 e. The fourth-order valence-electron chi connectivity index (χ4n) is 3.74. The lowest BCUT2D eigenvalue weighted by Crippen LogP contribution is -2.54. The Morgan fingerprint density at radius 2 is 1.81 bits per heavy atom. The summed E-state index contributed by atoms with van der Waals surface area (Å²) in [6.07, 6.45) is 4.07. The third kappa shape index (κ3) is 6.61. The summed E-state index contributed by atoms with van der Waals surface area (Å²) in [7, 11) is 0. The molecule has 168 valence electrons. The van der Waals surface area contributed by atoms with E-state index < -0.39 is 6.04 Å². The summed E-state index contributed by atoms with van der Waals surface area (Å²) in [5.74, 6) is 1.23. The molecule has 31 heavy (non-hydrogen) atoms. The maximum Gasteiger partial charge on any atom is 0.287 e. The summed E-state index contributed by atoms with van der Waals surface area (Å²) >= 11 is 1.67. The van der Waals surface area contributed by atoms with Crippen molar-refractivity contribution in [2.45, 2.75) is 38.8 Å². The molecule has 1 aromatic carbocycles. The average Bonchev–Trinajstić information content (AvgIpc) is 3.32. The molecule has 3 rings (SSSR count). The largest absolute Gasteiger partial charge is 0.459 e. The number of rotatable bonds is 9. The number of benzene rings is 1. The van der Waals surface area contributed by atoms with Crippen LogP contribution < -0.4 is 5.32 Å². The highest BCUT2D eigenvalue weighted by molar-refractivity contribution is 7.98. The highest BCUT2D eigenvalue weighted by Crippen LogP contribution is 2.17. The van der Waals surface area contributed by atoms with Crippen molar-refractivity contribution in [2.75, 3.05) is 38.2 Å². The van der Waals surface area contributed by atoms with Crippen molar-refractivity contribution in [1.82, 2.24) is 15.1 Å². The minimum Gasteiger partial charge on any atom is -0.459 e. The first-order valence-electron chi connectivity index (χ1n) is 10.9. The number of carbonyl (C=O) groups excluding carboxylic acids is 2. The first kappa shape index (κ1) is 23.4. The Bertz CT molecular complexity index is 828. The number of amides is 2. The molecular formula is C24H33N3O3S. The van der Waals surface area contributed by atoms with Gasteiger partial charge in [-0.1, -0.05) is 38.1 Å². The Kier molecular flexibility index (Phi) is 8.60. The molecule has 2 aromatic rings. The number of nitrogens with zero attached hydrogens (tertiary/aromatic N) is 2. The van der Waals surface area contributed by atoms with Gasteiger partial charge in [0.15, 0.2) is 5.76 Å². The van der Waals surface area contributed by atoms with Gasteiger partial charge < -0.3 is 14.6 Å². The fourth-order valence-corrected chi connectivity index (χ4v) is 4.21. The second-order valence-electron chi connectivity index (χ2n) is 8.28. The Balaban J connectivity index is 1.53. The van der Waals surface area contributed by atoms with Crippen LogP contribution in [0.5, 0.6) is 0 Å². The van der Waals surface area contributed by atoms with Gasteiger partial charge in [-0.3, -0.25) is 14.5 Å². The Labute approximate surface area is 189 Å². The first-order chi connectivity index (χ1) is 15.0. The standard InChI is InChI=1S/C24H33N3O3S/c1-18(2)20-8-6-19(7-9-20)17-26-11-13-27(14-12-26)24(29)21(10-16-31-3)25-23(28)22-5-4-15-30-22/h4-9,15,18,21H,10-14,16-17H2,1-3H3,(H,25,28). The van der Waals surface area contributed by atoms with Crippen molar-refractivity contribution in [1.29, 1.82) is 0 Å². The number of hydrogen-bond donors (Lipinski definition) is 1. The van der Waals surface area contributed by atoms with E-state index in [-0.39, 0.29) is 17.6 Å². The third-order valence-corrected chi connectivity index (χ3v) is 6.34. The molecule has 0 saturated carbocycles. The van der Waals surface area contributed by atoms with E-state index in [0.29, 0.717) is 25.4 Å². The minimum absolute atomic E-state index is 0.00473. The van der Waals surface area contributed by atoms with Gasteiger partial charge in [0, 0.05) is 32.7 Å². The minimum atomic E-state index is -0.528. The SMILES string of the molecule is CSCCC(NC(=O)c1ccco1)C(=O)N1CCN(Cc2ccc(C(C)C)cc2)CC1. The summed E-state index contributed by atoms with van der Waals surface area (Å²) in [6.45, 7) is 8.32. The summed E-state index contributed by atoms with van der Waals surface area (Å²) in [4.78, 5) is 29.8. The van der Waals surface area contributed by atoms with Crippen molar-refractivity contribution in [2.24, 2.45) is 0 Å². The van der Waals surface area contributed by atoms with Crippen LogP contribution >= 0.6 is 11.8 Å². The highest BCUT2D eigenvalue weighted by atomic mass is 32.2. The topological polar surface area (TPSA) is 65.8 Å². The normalized spacial score (nSPS) is 15.8. The molecule has 2 amide bonds. The summed E-state index contributed by atoms with van der Waals surface area (Å²) in [6, 6.07) is 11.6. The number of furan rings is 1. The molecule has 1 aliphatic heterocycles. The van der Waals surface area contributed by atoms with E-state index >= 15 is 0 Å². The number of carbonyl (C=O) groups is 2. The first-order valence-corrected chi connectivity index (χ1v) is 12.3. The van der Waals surface area contributed by atoms with Crippen molar-refractivity contribution in [3.05, 3.63) is 59.5 Å². The number of nitrogens with one attached hydrogen (secondary N) is 1. The van der Waals surface area contributed by atoms with Crippen LogP contribution in [0.25, 0.3) is 0 Å². The van der Waals surface area contributed by atoms with E-state index in [1.165, 1.54) is 17.4 Å². The summed E-state index contributed by atoms with van der Waals surface area (Å²) in [5.41, 5.74) is 2.65. The van der Waals surface area contributed by atoms with Crippen LogP contribution in [0.4, 0.5) is 0 Å². The predicted molar refractivity (Wildman–Crippen MR) is 125 cm³/mol. The van der Waals surface area contributed by atoms with Crippen LogP contribution in [0, 0.1) is 0 Å². The molecule has 1 aliphatic rings. The molecule has 6 nitrogen and oxygen atoms in total. The van der Waals surface area contributed by atoms with Crippen molar-refractivity contribution >= 4 is 23.6 Å². The van der Waals surface area contributed by atoms with Crippen LogP contribution in [-0.2, 0) is 11.3 Å². The lowest BCUT2D eigenvalue weighted by atomic mass is 10.0. The molecule has 0 aliphatic carbocycles. The van der Waals surface area contributed by atoms with Gasteiger partial charge in [-0.2, -0.15) is 11.8 Å². The maximum absolute atomic E-state index is 13.1. The Morgan fingerprint density at radius 3 is 2.39 bits per heavy atom. The van der Waals surface area contributed by atoms with Crippen LogP contribution in [0.1, 0.15) is 47.9 Å². The molecule has 1 atom stereocenters. The lowest BCUT2D eigenvalue weighted by Gasteiger charge is -2.36. The molecule has 0 radical (unpaired) electrons. The van der Waals surface area contributed by atoms with E-state index in [0.717, 1.165) is 25.4 Å². The quantitative estimate of drug-likeness (QED) is 0.642. The van der Waals surface area contributed by atoms with Gasteiger partial charge in [-0.15, -0.1) is 0 Å². The predicted octanol–water partition coefficient (Wildman–Crippen LogP) is 3.60. The summed E-state index contributed by atoms with van der Waals surface area (Å²) in [5, 5.41) is 2.87. The molecule has 0 spiro atoms. The van der Waals surface area contributed by atoms with Gasteiger partial charge in [0.1, 0.15) is 6.04 Å². The monoisotopic (exact) mass is 443 g/mol. The van der Waals surface area contributed by atoms with Gasteiger partial charge in [0.2, 0.25) is 5.91 Å². The zero-order valence-corrected chi connectivity index (χ0v) is 19.5. The summed E-state index contributed by atoms with van der Waals surface area (Å²) < 4.78 is 5.17. The zero-order valence-electron chi connectivity index (χ0n) is 18.7. The van der Waals surface area contributed by atoms with Gasteiger partial charge in [-0.25, -0.2) is 0 Å². The van der Waals surface area contributed by atoms with Gasteiger partial charge >= 0.3 is 0 Å². The fraction of sp³-hybridized carbons (Fsp3) is 0.500. The molecule has 1 N–H and O–H groups in total. The molecule has 1 fully saturated rings. The van der Waals surface area contributed by atoms with Crippen molar-refractivity contribution in [3.63, 3.8) is 0 Å². The van der Waals surface area contributed by atoms with Gasteiger partial charge in [-0.05, 0) is 47.6 Å². The molecule has 1 aromatic heterocycles. The Morgan fingerprint density at radius 1 is 1.10 bits per heavy atom. The number of thioether (sulfide) groups is 1. The lowest BCUT2D eigenvalue weighted by molar-refractivity contribution is -0.135. The molecule has 7 heteroatoms. The zero-order chi connectivity index (χ0) is 22.2. The van der Waals surface area contributed by atoms with Crippen LogP contribution in [0.3, 0.4) is 0 Å². The van der Waals surface area contributed by atoms with E-state index in [1.54, 1.807) is 23.9 Å². The third-order valence-electron chi connectivity index (χ3n) is 5.70. The Hall–Kier alpha value is -2.25. The van der Waals surface area contributed by atoms with E-state index in [4.69, 9.17) is 4.42 Å². The molecule has 1 saturated heterocycles. The van der Waals surface area contributed by atoms with E-state index in [1.807, 2.05) is 11.2 Å². The van der Waals surface area contributed by atoms with Gasteiger partial charge in [0.05, 0.1) is 6.26 Å². The molecule has 2 heterocycles. The van der Waals surface area contributed by atoms with Crippen LogP contribution in [0.2, 0.25) is 0 Å². The van der Waals surface area contributed by atoms with E-state index in [2.05, 4.69) is 48.3 Å². The average molecular weight is 444 g/mol. The maximum atomic E-state index is 13.1. The second-order valence-corrected chi connectivity index (χ2v) is 9.27.